The lowest BCUT2D eigenvalue weighted by Gasteiger charge is -2.44. The summed E-state index contributed by atoms with van der Waals surface area (Å²) in [6.45, 7) is 8.91. The van der Waals surface area contributed by atoms with Crippen molar-refractivity contribution in [2.24, 2.45) is 0 Å². The van der Waals surface area contributed by atoms with E-state index in [-0.39, 0.29) is 11.1 Å². The second-order valence-corrected chi connectivity index (χ2v) is 12.2. The molecular formula is C23H32O2Si. The van der Waals surface area contributed by atoms with Crippen molar-refractivity contribution >= 4 is 25.0 Å². The number of unbranched alkanes of at least 4 members (excludes halogenated alkanes) is 2. The van der Waals surface area contributed by atoms with Crippen molar-refractivity contribution in [3.63, 3.8) is 0 Å². The van der Waals surface area contributed by atoms with Gasteiger partial charge in [0.1, 0.15) is 12.4 Å². The van der Waals surface area contributed by atoms with E-state index >= 15 is 0 Å². The molecule has 3 heteroatoms. The highest BCUT2D eigenvalue weighted by molar-refractivity contribution is 6.99. The molecule has 0 bridgehead atoms. The van der Waals surface area contributed by atoms with E-state index in [2.05, 4.69) is 76.2 Å². The third-order valence-electron chi connectivity index (χ3n) is 4.99. The molecule has 0 unspecified atom stereocenters. The predicted molar refractivity (Wildman–Crippen MR) is 113 cm³/mol. The van der Waals surface area contributed by atoms with Gasteiger partial charge in [0.2, 0.25) is 0 Å². The third kappa shape index (κ3) is 4.52. The highest BCUT2D eigenvalue weighted by atomic mass is 28.4. The zero-order chi connectivity index (χ0) is 19.0. The summed E-state index contributed by atoms with van der Waals surface area (Å²) in [6.07, 6.45) is 4.75. The number of carbonyl (C=O) groups excluding carboxylic acids is 1. The Labute approximate surface area is 159 Å². The first-order valence-corrected chi connectivity index (χ1v) is 11.6. The fourth-order valence-electron chi connectivity index (χ4n) is 3.67. The summed E-state index contributed by atoms with van der Waals surface area (Å²) in [6, 6.07) is 21.0. The van der Waals surface area contributed by atoms with Gasteiger partial charge in [0.15, 0.2) is 0 Å². The Kier molecular flexibility index (Phi) is 7.36. The van der Waals surface area contributed by atoms with E-state index in [0.29, 0.717) is 0 Å². The van der Waals surface area contributed by atoms with Crippen LogP contribution in [0.1, 0.15) is 53.4 Å². The lowest BCUT2D eigenvalue weighted by molar-refractivity contribution is -0.114. The maximum absolute atomic E-state index is 11.9. The molecule has 0 aromatic heterocycles. The van der Waals surface area contributed by atoms with Crippen molar-refractivity contribution in [2.45, 2.75) is 64.5 Å². The highest BCUT2D eigenvalue weighted by Gasteiger charge is 2.51. The summed E-state index contributed by atoms with van der Waals surface area (Å²) in [5, 5.41) is 2.35. The molecular weight excluding hydrogens is 336 g/mol. The monoisotopic (exact) mass is 368 g/mol. The number of carbonyl (C=O) groups is 1. The molecule has 2 aromatic rings. The predicted octanol–water partition coefficient (Wildman–Crippen LogP) is 4.71. The Morgan fingerprint density at radius 2 is 1.42 bits per heavy atom. The molecule has 0 fully saturated rings. The van der Waals surface area contributed by atoms with E-state index in [0.717, 1.165) is 32.0 Å². The molecule has 0 heterocycles. The number of aldehydes is 1. The van der Waals surface area contributed by atoms with Crippen molar-refractivity contribution < 1.29 is 9.22 Å². The molecule has 0 saturated carbocycles. The molecule has 0 radical (unpaired) electrons. The van der Waals surface area contributed by atoms with Gasteiger partial charge >= 0.3 is 0 Å². The smallest absolute Gasteiger partial charge is 0.262 e. The minimum atomic E-state index is -2.62. The molecule has 26 heavy (non-hydrogen) atoms. The van der Waals surface area contributed by atoms with E-state index in [1.807, 2.05) is 12.1 Å². The van der Waals surface area contributed by atoms with Crippen molar-refractivity contribution in [3.05, 3.63) is 60.7 Å². The largest absolute Gasteiger partial charge is 0.398 e. The number of hydrogen-bond donors (Lipinski definition) is 0. The number of benzene rings is 2. The van der Waals surface area contributed by atoms with Crippen molar-refractivity contribution in [2.75, 3.05) is 0 Å². The summed E-state index contributed by atoms with van der Waals surface area (Å²) in [5.74, 6) is 0. The molecule has 2 aromatic carbocycles. The summed E-state index contributed by atoms with van der Waals surface area (Å²) >= 11 is 0. The van der Waals surface area contributed by atoms with Crippen LogP contribution in [0.2, 0.25) is 5.04 Å². The molecule has 2 nitrogen and oxygen atoms in total. The van der Waals surface area contributed by atoms with Crippen molar-refractivity contribution in [1.82, 2.24) is 0 Å². The van der Waals surface area contributed by atoms with Gasteiger partial charge in [0.25, 0.3) is 8.32 Å². The molecule has 0 N–H and O–H groups in total. The average molecular weight is 369 g/mol. The van der Waals surface area contributed by atoms with E-state index in [4.69, 9.17) is 4.43 Å². The van der Waals surface area contributed by atoms with Gasteiger partial charge in [-0.05, 0) is 21.8 Å². The lowest BCUT2D eigenvalue weighted by atomic mass is 10.1. The number of rotatable bonds is 9. The Hall–Kier alpha value is -1.71. The topological polar surface area (TPSA) is 26.3 Å². The quantitative estimate of drug-likeness (QED) is 0.364. The second kappa shape index (κ2) is 9.29. The van der Waals surface area contributed by atoms with Gasteiger partial charge < -0.3 is 9.22 Å². The van der Waals surface area contributed by atoms with Crippen LogP contribution < -0.4 is 10.4 Å². The lowest BCUT2D eigenvalue weighted by Crippen LogP contribution is -2.67. The third-order valence-corrected chi connectivity index (χ3v) is 10.1. The van der Waals surface area contributed by atoms with E-state index in [1.165, 1.54) is 10.4 Å². The SMILES string of the molecule is CCCCC[C@@H](C=O)O[Si](c1ccccc1)(c1ccccc1)C(C)(C)C. The summed E-state index contributed by atoms with van der Waals surface area (Å²) in [7, 11) is -2.62. The van der Waals surface area contributed by atoms with Crippen LogP contribution >= 0.6 is 0 Å². The molecule has 140 valence electrons. The fraction of sp³-hybridized carbons (Fsp3) is 0.435. The van der Waals surface area contributed by atoms with Crippen molar-refractivity contribution in [3.8, 4) is 0 Å². The zero-order valence-corrected chi connectivity index (χ0v) is 17.6. The first-order valence-electron chi connectivity index (χ1n) is 9.70. The Morgan fingerprint density at radius 3 is 1.81 bits per heavy atom. The molecule has 0 aliphatic carbocycles. The van der Waals surface area contributed by atoms with Crippen LogP contribution in [-0.2, 0) is 9.22 Å². The van der Waals surface area contributed by atoms with Gasteiger partial charge in [-0.1, -0.05) is 108 Å². The van der Waals surface area contributed by atoms with Gasteiger partial charge in [0.05, 0.1) is 0 Å². The second-order valence-electron chi connectivity index (χ2n) is 7.95. The fourth-order valence-corrected chi connectivity index (χ4v) is 8.31. The zero-order valence-electron chi connectivity index (χ0n) is 16.6. The van der Waals surface area contributed by atoms with Crippen LogP contribution in [0.15, 0.2) is 60.7 Å². The van der Waals surface area contributed by atoms with E-state index in [9.17, 15) is 4.79 Å². The van der Waals surface area contributed by atoms with E-state index < -0.39 is 8.32 Å². The van der Waals surface area contributed by atoms with Crippen LogP contribution in [0, 0.1) is 0 Å². The minimum Gasteiger partial charge on any atom is -0.398 e. The van der Waals surface area contributed by atoms with Crippen LogP contribution in [0.3, 0.4) is 0 Å². The number of hydrogen-bond acceptors (Lipinski definition) is 2. The van der Waals surface area contributed by atoms with Crippen molar-refractivity contribution in [1.29, 1.82) is 0 Å². The molecule has 0 amide bonds. The maximum Gasteiger partial charge on any atom is 0.262 e. The first kappa shape index (κ1) is 20.6. The van der Waals surface area contributed by atoms with Crippen LogP contribution in [-0.4, -0.2) is 20.7 Å². The summed E-state index contributed by atoms with van der Waals surface area (Å²) < 4.78 is 6.84. The highest BCUT2D eigenvalue weighted by Crippen LogP contribution is 2.37. The van der Waals surface area contributed by atoms with Gasteiger partial charge in [-0.2, -0.15) is 0 Å². The van der Waals surface area contributed by atoms with Gasteiger partial charge in [-0.25, -0.2) is 0 Å². The molecule has 0 aliphatic rings. The molecule has 0 saturated heterocycles. The Bertz CT molecular complexity index is 622. The van der Waals surface area contributed by atoms with Gasteiger partial charge in [-0.15, -0.1) is 0 Å². The summed E-state index contributed by atoms with van der Waals surface area (Å²) in [4.78, 5) is 11.9. The summed E-state index contributed by atoms with van der Waals surface area (Å²) in [5.41, 5.74) is 0. The molecule has 2 rings (SSSR count). The minimum absolute atomic E-state index is 0.0955. The molecule has 1 atom stereocenters. The Balaban J connectivity index is 2.54. The van der Waals surface area contributed by atoms with E-state index in [1.54, 1.807) is 0 Å². The first-order chi connectivity index (χ1) is 12.5. The Morgan fingerprint density at radius 1 is 0.923 bits per heavy atom. The van der Waals surface area contributed by atoms with Crippen LogP contribution in [0.4, 0.5) is 0 Å². The standard InChI is InChI=1S/C23H32O2Si/c1-5-6-9-14-20(19-24)25-26(23(2,3)4,21-15-10-7-11-16-21)22-17-12-8-13-18-22/h7-8,10-13,15-20H,5-6,9,14H2,1-4H3/t20-/m0/s1. The van der Waals surface area contributed by atoms with Crippen LogP contribution in [0.5, 0.6) is 0 Å². The normalized spacial score (nSPS) is 13.4. The van der Waals surface area contributed by atoms with Crippen LogP contribution in [0.25, 0.3) is 0 Å². The molecule has 0 spiro atoms. The van der Waals surface area contributed by atoms with Gasteiger partial charge in [-0.3, -0.25) is 0 Å². The maximum atomic E-state index is 11.9. The molecule has 0 aliphatic heterocycles. The average Bonchev–Trinajstić information content (AvgIpc) is 2.65. The van der Waals surface area contributed by atoms with Gasteiger partial charge in [0, 0.05) is 0 Å².